The van der Waals surface area contributed by atoms with Crippen molar-refractivity contribution in [3.63, 3.8) is 0 Å². The Morgan fingerprint density at radius 2 is 1.67 bits per heavy atom. The Bertz CT molecular complexity index is 1100. The van der Waals surface area contributed by atoms with Gasteiger partial charge >= 0.3 is 0 Å². The average molecular weight is 425 g/mol. The van der Waals surface area contributed by atoms with E-state index in [1.807, 2.05) is 37.3 Å². The van der Waals surface area contributed by atoms with Crippen molar-refractivity contribution in [2.75, 3.05) is 18.3 Å². The number of sulfonamides is 1. The van der Waals surface area contributed by atoms with Crippen LogP contribution in [0.2, 0.25) is 0 Å². The molecule has 6 nitrogen and oxygen atoms in total. The summed E-state index contributed by atoms with van der Waals surface area (Å²) < 4.78 is 33.7. The SMILES string of the molecule is CCN(C)C(=O)c1cccc(S(=O)(=O)Nc2ccc(OCc3ccccc3)cc2)c1. The first-order valence-corrected chi connectivity index (χ1v) is 11.0. The van der Waals surface area contributed by atoms with Crippen LogP contribution in [0.1, 0.15) is 22.8 Å². The maximum atomic E-state index is 12.7. The Morgan fingerprint density at radius 3 is 2.33 bits per heavy atom. The van der Waals surface area contributed by atoms with E-state index < -0.39 is 10.0 Å². The molecule has 0 aliphatic rings. The van der Waals surface area contributed by atoms with Crippen LogP contribution in [-0.2, 0) is 16.6 Å². The molecule has 3 aromatic rings. The van der Waals surface area contributed by atoms with E-state index >= 15 is 0 Å². The number of nitrogens with one attached hydrogen (secondary N) is 1. The van der Waals surface area contributed by atoms with Gasteiger partial charge in [-0.15, -0.1) is 0 Å². The van der Waals surface area contributed by atoms with Crippen molar-refractivity contribution < 1.29 is 17.9 Å². The quantitative estimate of drug-likeness (QED) is 0.589. The van der Waals surface area contributed by atoms with Gasteiger partial charge in [0.05, 0.1) is 4.90 Å². The van der Waals surface area contributed by atoms with Crippen LogP contribution in [0.25, 0.3) is 0 Å². The van der Waals surface area contributed by atoms with Gasteiger partial charge in [-0.05, 0) is 55.0 Å². The van der Waals surface area contributed by atoms with Crippen molar-refractivity contribution in [3.05, 3.63) is 90.0 Å². The zero-order chi connectivity index (χ0) is 21.6. The first-order valence-electron chi connectivity index (χ1n) is 9.54. The Hall–Kier alpha value is -3.32. The fraction of sp³-hybridized carbons (Fsp3) is 0.174. The fourth-order valence-electron chi connectivity index (χ4n) is 2.73. The second-order valence-electron chi connectivity index (χ2n) is 6.75. The normalized spacial score (nSPS) is 11.0. The van der Waals surface area contributed by atoms with Crippen LogP contribution in [0.15, 0.2) is 83.8 Å². The van der Waals surface area contributed by atoms with Gasteiger partial charge in [0.25, 0.3) is 15.9 Å². The van der Waals surface area contributed by atoms with Crippen molar-refractivity contribution in [2.45, 2.75) is 18.4 Å². The molecular formula is C23H24N2O4S. The van der Waals surface area contributed by atoms with Crippen LogP contribution in [0, 0.1) is 0 Å². The maximum Gasteiger partial charge on any atom is 0.261 e. The molecule has 0 aliphatic heterocycles. The molecule has 3 rings (SSSR count). The molecule has 156 valence electrons. The molecule has 0 saturated heterocycles. The van der Waals surface area contributed by atoms with Crippen LogP contribution in [-0.4, -0.2) is 32.8 Å². The van der Waals surface area contributed by atoms with Gasteiger partial charge in [-0.3, -0.25) is 9.52 Å². The van der Waals surface area contributed by atoms with E-state index in [-0.39, 0.29) is 10.8 Å². The van der Waals surface area contributed by atoms with E-state index in [2.05, 4.69) is 4.72 Å². The summed E-state index contributed by atoms with van der Waals surface area (Å²) in [6, 6.07) is 22.5. The number of carbonyl (C=O) groups excluding carboxylic acids is 1. The molecular weight excluding hydrogens is 400 g/mol. The van der Waals surface area contributed by atoms with E-state index in [0.717, 1.165) is 5.56 Å². The monoisotopic (exact) mass is 424 g/mol. The summed E-state index contributed by atoms with van der Waals surface area (Å²) in [6.45, 7) is 2.82. The van der Waals surface area contributed by atoms with Gasteiger partial charge < -0.3 is 9.64 Å². The smallest absolute Gasteiger partial charge is 0.261 e. The maximum absolute atomic E-state index is 12.7. The van der Waals surface area contributed by atoms with Gasteiger partial charge in [-0.1, -0.05) is 36.4 Å². The summed E-state index contributed by atoms with van der Waals surface area (Å²) in [6.07, 6.45) is 0. The summed E-state index contributed by atoms with van der Waals surface area (Å²) in [5, 5.41) is 0. The van der Waals surface area contributed by atoms with Gasteiger partial charge in [0, 0.05) is 24.8 Å². The van der Waals surface area contributed by atoms with Crippen molar-refractivity contribution in [1.82, 2.24) is 4.90 Å². The minimum Gasteiger partial charge on any atom is -0.489 e. The zero-order valence-corrected chi connectivity index (χ0v) is 17.7. The topological polar surface area (TPSA) is 75.7 Å². The first kappa shape index (κ1) is 21.4. The predicted molar refractivity (Wildman–Crippen MR) is 117 cm³/mol. The third kappa shape index (κ3) is 5.39. The molecule has 0 radical (unpaired) electrons. The van der Waals surface area contributed by atoms with Crippen molar-refractivity contribution in [1.29, 1.82) is 0 Å². The fourth-order valence-corrected chi connectivity index (χ4v) is 3.84. The summed E-state index contributed by atoms with van der Waals surface area (Å²) >= 11 is 0. The number of benzene rings is 3. The lowest BCUT2D eigenvalue weighted by atomic mass is 10.2. The van der Waals surface area contributed by atoms with Gasteiger partial charge in [-0.25, -0.2) is 8.42 Å². The molecule has 0 aromatic heterocycles. The van der Waals surface area contributed by atoms with Gasteiger partial charge in [-0.2, -0.15) is 0 Å². The molecule has 7 heteroatoms. The standard InChI is InChI=1S/C23H24N2O4S/c1-3-25(2)23(26)19-10-7-11-22(16-19)30(27,28)24-20-12-14-21(15-13-20)29-17-18-8-5-4-6-9-18/h4-16,24H,3,17H2,1-2H3. The van der Waals surface area contributed by atoms with Crippen LogP contribution in [0.3, 0.4) is 0 Å². The lowest BCUT2D eigenvalue weighted by Gasteiger charge is -2.15. The molecule has 0 bridgehead atoms. The van der Waals surface area contributed by atoms with Crippen LogP contribution in [0.5, 0.6) is 5.75 Å². The molecule has 0 saturated carbocycles. The Labute approximate surface area is 177 Å². The Morgan fingerprint density at radius 1 is 0.967 bits per heavy atom. The van der Waals surface area contributed by atoms with E-state index in [1.165, 1.54) is 17.0 Å². The van der Waals surface area contributed by atoms with Crippen LogP contribution in [0.4, 0.5) is 5.69 Å². The molecule has 0 unspecified atom stereocenters. The number of nitrogens with zero attached hydrogens (tertiary/aromatic N) is 1. The Balaban J connectivity index is 1.69. The first-order chi connectivity index (χ1) is 14.4. The van der Waals surface area contributed by atoms with E-state index in [4.69, 9.17) is 4.74 Å². The average Bonchev–Trinajstić information content (AvgIpc) is 2.78. The number of rotatable bonds is 8. The largest absolute Gasteiger partial charge is 0.489 e. The lowest BCUT2D eigenvalue weighted by molar-refractivity contribution is 0.0802. The van der Waals surface area contributed by atoms with E-state index in [9.17, 15) is 13.2 Å². The summed E-state index contributed by atoms with van der Waals surface area (Å²) in [5.74, 6) is 0.409. The van der Waals surface area contributed by atoms with Crippen LogP contribution < -0.4 is 9.46 Å². The minimum absolute atomic E-state index is 0.0299. The summed E-state index contributed by atoms with van der Waals surface area (Å²) in [4.78, 5) is 13.9. The summed E-state index contributed by atoms with van der Waals surface area (Å²) in [5.41, 5.74) is 1.78. The minimum atomic E-state index is -3.83. The summed E-state index contributed by atoms with van der Waals surface area (Å²) in [7, 11) is -2.16. The molecule has 30 heavy (non-hydrogen) atoms. The van der Waals surface area contributed by atoms with Crippen molar-refractivity contribution >= 4 is 21.6 Å². The molecule has 0 heterocycles. The van der Waals surface area contributed by atoms with E-state index in [0.29, 0.717) is 30.2 Å². The number of carbonyl (C=O) groups is 1. The number of anilines is 1. The number of hydrogen-bond acceptors (Lipinski definition) is 4. The molecule has 0 atom stereocenters. The molecule has 0 fully saturated rings. The number of amides is 1. The molecule has 3 aromatic carbocycles. The van der Waals surface area contributed by atoms with Crippen LogP contribution >= 0.6 is 0 Å². The molecule has 0 aliphatic carbocycles. The number of hydrogen-bond donors (Lipinski definition) is 1. The lowest BCUT2D eigenvalue weighted by Crippen LogP contribution is -2.26. The highest BCUT2D eigenvalue weighted by Crippen LogP contribution is 2.21. The van der Waals surface area contributed by atoms with Gasteiger partial charge in [0.2, 0.25) is 0 Å². The molecule has 0 spiro atoms. The van der Waals surface area contributed by atoms with Gasteiger partial charge in [0.15, 0.2) is 0 Å². The highest BCUT2D eigenvalue weighted by Gasteiger charge is 2.18. The molecule has 1 N–H and O–H groups in total. The second kappa shape index (κ2) is 9.45. The van der Waals surface area contributed by atoms with Crippen molar-refractivity contribution in [3.8, 4) is 5.75 Å². The van der Waals surface area contributed by atoms with Gasteiger partial charge in [0.1, 0.15) is 12.4 Å². The van der Waals surface area contributed by atoms with E-state index in [1.54, 1.807) is 43.4 Å². The predicted octanol–water partition coefficient (Wildman–Crippen LogP) is 4.16. The number of ether oxygens (including phenoxy) is 1. The third-order valence-electron chi connectivity index (χ3n) is 4.57. The second-order valence-corrected chi connectivity index (χ2v) is 8.43. The zero-order valence-electron chi connectivity index (χ0n) is 16.9. The van der Waals surface area contributed by atoms with Crippen molar-refractivity contribution in [2.24, 2.45) is 0 Å². The highest BCUT2D eigenvalue weighted by molar-refractivity contribution is 7.92. The Kier molecular flexibility index (Phi) is 6.74. The highest BCUT2D eigenvalue weighted by atomic mass is 32.2. The molecule has 1 amide bonds. The third-order valence-corrected chi connectivity index (χ3v) is 5.95.